The summed E-state index contributed by atoms with van der Waals surface area (Å²) in [6.45, 7) is 2.24. The van der Waals surface area contributed by atoms with Gasteiger partial charge < -0.3 is 49.3 Å². The third kappa shape index (κ3) is 8.05. The number of hydrogen-bond donors (Lipinski definition) is 4. The Hall–Kier alpha value is -6.33. The first-order valence-corrected chi connectivity index (χ1v) is 23.3. The highest BCUT2D eigenvalue weighted by Crippen LogP contribution is 2.55. The number of piperidine rings is 2. The smallest absolute Gasteiger partial charge is 0.407 e. The van der Waals surface area contributed by atoms with Gasteiger partial charge in [-0.05, 0) is 110 Å². The quantitative estimate of drug-likeness (QED) is 0.116. The number of nitrogens with zero attached hydrogens (tertiary/aromatic N) is 5. The molecule has 17 nitrogen and oxygen atoms in total. The van der Waals surface area contributed by atoms with Gasteiger partial charge in [0.25, 0.3) is 0 Å². The molecule has 66 heavy (non-hydrogen) atoms. The van der Waals surface area contributed by atoms with Crippen molar-refractivity contribution in [1.29, 1.82) is 0 Å². The lowest BCUT2D eigenvalue weighted by molar-refractivity contribution is -0.138. The van der Waals surface area contributed by atoms with E-state index in [2.05, 4.69) is 63.1 Å². The Morgan fingerprint density at radius 3 is 1.68 bits per heavy atom. The molecule has 0 radical (unpaired) electrons. The molecule has 11 rings (SSSR count). The van der Waals surface area contributed by atoms with E-state index in [4.69, 9.17) is 33.9 Å². The van der Waals surface area contributed by atoms with Crippen molar-refractivity contribution in [3.8, 4) is 33.8 Å². The summed E-state index contributed by atoms with van der Waals surface area (Å²) < 4.78 is 20.9. The lowest BCUT2D eigenvalue weighted by Gasteiger charge is -2.35. The van der Waals surface area contributed by atoms with E-state index < -0.39 is 24.3 Å². The van der Waals surface area contributed by atoms with E-state index in [1.54, 1.807) is 6.20 Å². The van der Waals surface area contributed by atoms with Crippen LogP contribution in [0.1, 0.15) is 75.1 Å². The first-order valence-electron chi connectivity index (χ1n) is 23.3. The van der Waals surface area contributed by atoms with Crippen molar-refractivity contribution in [2.24, 2.45) is 23.7 Å². The van der Waals surface area contributed by atoms with Crippen LogP contribution in [0.25, 0.3) is 44.7 Å². The zero-order valence-electron chi connectivity index (χ0n) is 37.1. The minimum Gasteiger partial charge on any atom is -0.453 e. The molecule has 4 amide bonds. The lowest BCUT2D eigenvalue weighted by atomic mass is 9.90. The number of benzene rings is 2. The molecule has 6 fully saturated rings. The molecule has 17 heteroatoms. The first kappa shape index (κ1) is 42.3. The van der Waals surface area contributed by atoms with Gasteiger partial charge in [0.1, 0.15) is 23.7 Å². The predicted octanol–water partition coefficient (Wildman–Crippen LogP) is 6.31. The Labute approximate surface area is 381 Å². The molecule has 2 saturated carbocycles. The summed E-state index contributed by atoms with van der Waals surface area (Å²) in [5, 5.41) is 6.70. The topological polar surface area (TPSA) is 206 Å². The summed E-state index contributed by atoms with van der Waals surface area (Å²) in [6, 6.07) is 17.1. The van der Waals surface area contributed by atoms with Crippen molar-refractivity contribution in [3.63, 3.8) is 0 Å². The summed E-state index contributed by atoms with van der Waals surface area (Å²) in [5.74, 6) is 2.10. The number of aromatic amines is 2. The maximum Gasteiger partial charge on any atom is 0.407 e. The summed E-state index contributed by atoms with van der Waals surface area (Å²) in [4.78, 5) is 78.8. The van der Waals surface area contributed by atoms with E-state index >= 15 is 0 Å². The van der Waals surface area contributed by atoms with Gasteiger partial charge in [-0.3, -0.25) is 9.59 Å². The number of rotatable bonds is 11. The highest BCUT2D eigenvalue weighted by atomic mass is 16.5. The molecule has 4 saturated heterocycles. The van der Waals surface area contributed by atoms with Crippen LogP contribution in [-0.2, 0) is 28.5 Å². The Bertz CT molecular complexity index is 2640. The number of ether oxygens (including phenoxy) is 4. The van der Waals surface area contributed by atoms with Crippen LogP contribution in [-0.4, -0.2) is 124 Å². The van der Waals surface area contributed by atoms with Crippen molar-refractivity contribution >= 4 is 34.9 Å². The van der Waals surface area contributed by atoms with Gasteiger partial charge in [-0.1, -0.05) is 36.4 Å². The number of imidazole rings is 2. The van der Waals surface area contributed by atoms with Gasteiger partial charge in [0.15, 0.2) is 0 Å². The highest BCUT2D eigenvalue weighted by Gasteiger charge is 2.58. The Morgan fingerprint density at radius 1 is 0.636 bits per heavy atom. The number of carbonyl (C=O) groups excluding carboxylic acids is 4. The number of carbonyl (C=O) groups is 4. The molecule has 4 N–H and O–H groups in total. The van der Waals surface area contributed by atoms with Crippen LogP contribution >= 0.6 is 0 Å². The van der Waals surface area contributed by atoms with Gasteiger partial charge in [0.05, 0.1) is 61.3 Å². The van der Waals surface area contributed by atoms with Crippen LogP contribution in [0.2, 0.25) is 0 Å². The molecule has 0 bridgehead atoms. The molecule has 2 aromatic carbocycles. The fourth-order valence-corrected chi connectivity index (χ4v) is 11.2. The third-order valence-electron chi connectivity index (χ3n) is 15.0. The zero-order chi connectivity index (χ0) is 45.1. The van der Waals surface area contributed by atoms with Crippen molar-refractivity contribution < 1.29 is 38.1 Å². The molecule has 5 aromatic rings. The number of amides is 4. The first-order chi connectivity index (χ1) is 32.2. The molecule has 3 aromatic heterocycles. The monoisotopic (exact) mass is 897 g/mol. The number of hydrogen-bond acceptors (Lipinski definition) is 11. The highest BCUT2D eigenvalue weighted by molar-refractivity contribution is 5.89. The van der Waals surface area contributed by atoms with Crippen molar-refractivity contribution in [2.75, 3.05) is 40.6 Å². The Balaban J connectivity index is 0.768. The number of methoxy groups -OCH3 is 2. The van der Waals surface area contributed by atoms with Crippen LogP contribution in [0.3, 0.4) is 0 Å². The summed E-state index contributed by atoms with van der Waals surface area (Å²) >= 11 is 0. The number of fused-ring (bicyclic) bond motifs is 3. The van der Waals surface area contributed by atoms with Crippen LogP contribution in [0.5, 0.6) is 0 Å². The van der Waals surface area contributed by atoms with Gasteiger partial charge in [0, 0.05) is 43.9 Å². The van der Waals surface area contributed by atoms with Crippen LogP contribution in [0.4, 0.5) is 9.59 Å². The summed E-state index contributed by atoms with van der Waals surface area (Å²) in [5.41, 5.74) is 6.34. The van der Waals surface area contributed by atoms with Gasteiger partial charge in [-0.25, -0.2) is 24.5 Å². The minimum atomic E-state index is -0.688. The Kier molecular flexibility index (Phi) is 11.2. The molecule has 6 aliphatic rings. The molecule has 344 valence electrons. The summed E-state index contributed by atoms with van der Waals surface area (Å²) in [6.07, 6.45) is 8.78. The average Bonchev–Trinajstić information content (AvgIpc) is 3.94. The molecule has 4 aliphatic heterocycles. The number of alkyl carbamates (subject to hydrolysis) is 2. The zero-order valence-corrected chi connectivity index (χ0v) is 37.1. The molecule has 2 aliphatic carbocycles. The van der Waals surface area contributed by atoms with E-state index in [0.29, 0.717) is 63.9 Å². The van der Waals surface area contributed by atoms with Gasteiger partial charge >= 0.3 is 12.2 Å². The van der Waals surface area contributed by atoms with Crippen molar-refractivity contribution in [3.05, 3.63) is 78.6 Å². The number of H-pyrrole nitrogens is 2. The SMILES string of the molecule is COC(=O)N[C@H](C(=O)N1[C@@H]2C[C@@H]2C[C@H]1c1ncc(-c2ccc(-c3ccc4nc(-c5cnc([C@@H]6C[C@H]7C[C@H]7N6C(=O)[C@@H](NC(=O)OC)C6CCOCC6)[nH]5)ccc4c3)cc2)[nH]1)C1CCOCC1. The normalized spacial score (nSPS) is 25.7. The van der Waals surface area contributed by atoms with Crippen LogP contribution in [0, 0.1) is 23.7 Å². The molecule has 8 atom stereocenters. The van der Waals surface area contributed by atoms with Crippen LogP contribution in [0.15, 0.2) is 67.0 Å². The van der Waals surface area contributed by atoms with E-state index in [-0.39, 0.29) is 47.8 Å². The molecule has 7 heterocycles. The number of nitrogens with one attached hydrogen (secondary N) is 4. The van der Waals surface area contributed by atoms with Crippen LogP contribution < -0.4 is 10.6 Å². The van der Waals surface area contributed by atoms with E-state index in [1.165, 1.54) is 14.2 Å². The van der Waals surface area contributed by atoms with E-state index in [9.17, 15) is 19.2 Å². The second-order valence-electron chi connectivity index (χ2n) is 18.8. The van der Waals surface area contributed by atoms with Crippen molar-refractivity contribution in [2.45, 2.75) is 87.6 Å². The molecule has 0 spiro atoms. The van der Waals surface area contributed by atoms with Gasteiger partial charge in [-0.15, -0.1) is 0 Å². The minimum absolute atomic E-state index is 0.0246. The number of aromatic nitrogens is 5. The largest absolute Gasteiger partial charge is 0.453 e. The summed E-state index contributed by atoms with van der Waals surface area (Å²) in [7, 11) is 2.64. The molecular weight excluding hydrogens is 843 g/mol. The van der Waals surface area contributed by atoms with E-state index in [1.807, 2.05) is 28.1 Å². The Morgan fingerprint density at radius 2 is 1.14 bits per heavy atom. The average molecular weight is 898 g/mol. The van der Waals surface area contributed by atoms with E-state index in [0.717, 1.165) is 82.0 Å². The lowest BCUT2D eigenvalue weighted by Crippen LogP contribution is -2.54. The number of pyridine rings is 1. The fourth-order valence-electron chi connectivity index (χ4n) is 11.2. The fraction of sp³-hybridized carbons (Fsp3) is 0.490. The number of likely N-dealkylation sites (tertiary alicyclic amines) is 2. The predicted molar refractivity (Wildman–Crippen MR) is 240 cm³/mol. The van der Waals surface area contributed by atoms with Gasteiger partial charge in [-0.2, -0.15) is 0 Å². The van der Waals surface area contributed by atoms with Gasteiger partial charge in [0.2, 0.25) is 11.8 Å². The molecular formula is C49H55N9O8. The second kappa shape index (κ2) is 17.5. The maximum atomic E-state index is 14.3. The third-order valence-corrected chi connectivity index (χ3v) is 15.0. The molecule has 0 unspecified atom stereocenters. The maximum absolute atomic E-state index is 14.3. The van der Waals surface area contributed by atoms with Crippen molar-refractivity contribution in [1.82, 2.24) is 45.4 Å². The second-order valence-corrected chi connectivity index (χ2v) is 18.8. The standard InChI is InChI=1S/C49H55N9O8/c1-63-48(61)55-42(28-11-15-65-16-12-28)46(59)57-38-20-32(38)22-40(57)44-50-24-36(53-44)27-5-3-26(4-6-27)30-7-9-34-31(19-30)8-10-35(52-34)37-25-51-45(54-37)41-23-33-21-39(33)58(41)47(60)43(56-49(62)64-2)29-13-17-66-18-14-29/h3-10,19,24-25,28-29,32-33,38-43H,11-18,20-23H2,1-2H3,(H,50,53)(H,51,54)(H,55,61)(H,56,62)/t32-,33-,38-,39-,40+,41+,42+,43+/m1/s1.